The molecule has 94 valence electrons. The zero-order valence-corrected chi connectivity index (χ0v) is 10.1. The maximum Gasteiger partial charge on any atom is 0.259 e. The fourth-order valence-corrected chi connectivity index (χ4v) is 1.55. The second-order valence-corrected chi connectivity index (χ2v) is 3.99. The molecule has 2 heterocycles. The molecule has 0 unspecified atom stereocenters. The molecule has 0 spiro atoms. The number of nitrogens with one attached hydrogen (secondary N) is 2. The Morgan fingerprint density at radius 2 is 2.28 bits per heavy atom. The lowest BCUT2D eigenvalue weighted by atomic mass is 10.2. The summed E-state index contributed by atoms with van der Waals surface area (Å²) in [4.78, 5) is 31.9. The first-order valence-corrected chi connectivity index (χ1v) is 5.37. The number of hydrogen-bond acceptors (Lipinski definition) is 4. The molecule has 0 bridgehead atoms. The van der Waals surface area contributed by atoms with Crippen LogP contribution in [-0.2, 0) is 6.54 Å². The molecule has 2 aromatic rings. The summed E-state index contributed by atoms with van der Waals surface area (Å²) in [7, 11) is 1.60. The van der Waals surface area contributed by atoms with Gasteiger partial charge < -0.3 is 9.88 Å². The molecule has 0 atom stereocenters. The van der Waals surface area contributed by atoms with Crippen molar-refractivity contribution >= 4 is 5.91 Å². The Labute approximate surface area is 103 Å². The van der Waals surface area contributed by atoms with Gasteiger partial charge in [-0.15, -0.1) is 0 Å². The van der Waals surface area contributed by atoms with E-state index in [1.807, 2.05) is 0 Å². The Morgan fingerprint density at radius 1 is 1.50 bits per heavy atom. The average molecular weight is 247 g/mol. The van der Waals surface area contributed by atoms with Crippen molar-refractivity contribution in [2.45, 2.75) is 13.5 Å². The molecular formula is C11H13N5O2. The van der Waals surface area contributed by atoms with E-state index in [9.17, 15) is 9.59 Å². The van der Waals surface area contributed by atoms with Crippen LogP contribution in [0, 0.1) is 6.92 Å². The van der Waals surface area contributed by atoms with Gasteiger partial charge in [0, 0.05) is 25.0 Å². The van der Waals surface area contributed by atoms with E-state index in [1.54, 1.807) is 14.0 Å². The van der Waals surface area contributed by atoms with Gasteiger partial charge in [-0.25, -0.2) is 4.98 Å². The molecule has 2 aromatic heterocycles. The van der Waals surface area contributed by atoms with E-state index in [0.717, 1.165) is 5.69 Å². The second kappa shape index (κ2) is 4.82. The molecule has 0 aliphatic rings. The summed E-state index contributed by atoms with van der Waals surface area (Å²) in [6, 6.07) is 1.40. The quantitative estimate of drug-likeness (QED) is 0.802. The number of carbonyl (C=O) groups excluding carboxylic acids is 1. The van der Waals surface area contributed by atoms with Crippen molar-refractivity contribution in [3.63, 3.8) is 0 Å². The normalized spacial score (nSPS) is 10.3. The number of nitrogens with zero attached hydrogens (tertiary/aromatic N) is 3. The first-order valence-electron chi connectivity index (χ1n) is 5.37. The van der Waals surface area contributed by atoms with Gasteiger partial charge in [0.2, 0.25) is 0 Å². The van der Waals surface area contributed by atoms with E-state index in [0.29, 0.717) is 5.82 Å². The van der Waals surface area contributed by atoms with Crippen molar-refractivity contribution in [1.29, 1.82) is 0 Å². The Kier molecular flexibility index (Phi) is 3.22. The van der Waals surface area contributed by atoms with Crippen LogP contribution >= 0.6 is 0 Å². The molecule has 0 radical (unpaired) electrons. The average Bonchev–Trinajstić information content (AvgIpc) is 2.81. The molecule has 0 aliphatic carbocycles. The van der Waals surface area contributed by atoms with E-state index < -0.39 is 0 Å². The van der Waals surface area contributed by atoms with E-state index in [2.05, 4.69) is 20.2 Å². The summed E-state index contributed by atoms with van der Waals surface area (Å²) in [5, 5.41) is 6.35. The first-order chi connectivity index (χ1) is 8.58. The number of aromatic amines is 2. The predicted octanol–water partition coefficient (Wildman–Crippen LogP) is 0.0736. The topological polar surface area (TPSA) is 94.7 Å². The maximum absolute atomic E-state index is 12.0. The molecule has 7 nitrogen and oxygen atoms in total. The number of pyridine rings is 1. The summed E-state index contributed by atoms with van der Waals surface area (Å²) in [5.41, 5.74) is 0.540. The first kappa shape index (κ1) is 12.0. The van der Waals surface area contributed by atoms with Crippen LogP contribution in [0.1, 0.15) is 21.9 Å². The van der Waals surface area contributed by atoms with E-state index in [1.165, 1.54) is 23.5 Å². The smallest absolute Gasteiger partial charge is 0.259 e. The maximum atomic E-state index is 12.0. The van der Waals surface area contributed by atoms with Crippen LogP contribution in [0.2, 0.25) is 0 Å². The third-order valence-corrected chi connectivity index (χ3v) is 2.49. The fraction of sp³-hybridized carbons (Fsp3) is 0.273. The molecule has 0 saturated carbocycles. The molecule has 0 fully saturated rings. The minimum Gasteiger partial charge on any atom is -0.364 e. The van der Waals surface area contributed by atoms with Gasteiger partial charge >= 0.3 is 0 Å². The van der Waals surface area contributed by atoms with Crippen LogP contribution in [-0.4, -0.2) is 38.0 Å². The van der Waals surface area contributed by atoms with E-state index >= 15 is 0 Å². The zero-order valence-electron chi connectivity index (χ0n) is 10.1. The molecule has 18 heavy (non-hydrogen) atoms. The van der Waals surface area contributed by atoms with Gasteiger partial charge in [0.15, 0.2) is 5.43 Å². The summed E-state index contributed by atoms with van der Waals surface area (Å²) in [6.07, 6.45) is 2.79. The lowest BCUT2D eigenvalue weighted by Crippen LogP contribution is -2.31. The zero-order chi connectivity index (χ0) is 13.1. The highest BCUT2D eigenvalue weighted by Gasteiger charge is 2.16. The molecule has 0 saturated heterocycles. The molecule has 2 rings (SSSR count). The van der Waals surface area contributed by atoms with Gasteiger partial charge in [-0.05, 0) is 6.92 Å². The predicted molar refractivity (Wildman–Crippen MR) is 64.0 cm³/mol. The lowest BCUT2D eigenvalue weighted by molar-refractivity contribution is 0.0780. The summed E-state index contributed by atoms with van der Waals surface area (Å²) < 4.78 is 0. The lowest BCUT2D eigenvalue weighted by Gasteiger charge is -2.14. The number of H-pyrrole nitrogens is 2. The molecular weight excluding hydrogens is 234 g/mol. The van der Waals surface area contributed by atoms with Gasteiger partial charge in [-0.1, -0.05) is 0 Å². The van der Waals surface area contributed by atoms with Crippen molar-refractivity contribution in [3.8, 4) is 0 Å². The van der Waals surface area contributed by atoms with Gasteiger partial charge in [-0.2, -0.15) is 5.10 Å². The monoisotopic (exact) mass is 247 g/mol. The highest BCUT2D eigenvalue weighted by molar-refractivity contribution is 5.93. The molecule has 2 N–H and O–H groups in total. The number of rotatable bonds is 3. The molecule has 1 amide bonds. The minimum atomic E-state index is -0.354. The van der Waals surface area contributed by atoms with Crippen molar-refractivity contribution in [2.75, 3.05) is 7.05 Å². The molecule has 0 aliphatic heterocycles. The Morgan fingerprint density at radius 3 is 2.89 bits per heavy atom. The third-order valence-electron chi connectivity index (χ3n) is 2.49. The number of aryl methyl sites for hydroxylation is 1. The van der Waals surface area contributed by atoms with Crippen LogP contribution in [0.4, 0.5) is 0 Å². The van der Waals surface area contributed by atoms with E-state index in [-0.39, 0.29) is 23.4 Å². The second-order valence-electron chi connectivity index (χ2n) is 3.99. The number of aromatic nitrogens is 4. The van der Waals surface area contributed by atoms with Gasteiger partial charge in [0.25, 0.3) is 5.91 Å². The van der Waals surface area contributed by atoms with Crippen molar-refractivity contribution in [2.24, 2.45) is 0 Å². The van der Waals surface area contributed by atoms with Crippen LogP contribution in [0.3, 0.4) is 0 Å². The van der Waals surface area contributed by atoms with Crippen LogP contribution in [0.5, 0.6) is 0 Å². The standard InChI is InChI=1S/C11H13N5O2/c1-7-3-9(17)8(4-12-7)11(18)16(2)5-10-13-6-14-15-10/h3-4,6H,5H2,1-2H3,(H,12,17)(H,13,14,15). The van der Waals surface area contributed by atoms with E-state index in [4.69, 9.17) is 0 Å². The van der Waals surface area contributed by atoms with Crippen molar-refractivity contribution in [3.05, 3.63) is 45.9 Å². The van der Waals surface area contributed by atoms with Gasteiger partial charge in [-0.3, -0.25) is 14.7 Å². The number of hydrogen-bond donors (Lipinski definition) is 2. The fourth-order valence-electron chi connectivity index (χ4n) is 1.55. The molecule has 7 heteroatoms. The van der Waals surface area contributed by atoms with Crippen molar-refractivity contribution < 1.29 is 4.79 Å². The largest absolute Gasteiger partial charge is 0.364 e. The Bertz CT molecular complexity index is 602. The van der Waals surface area contributed by atoms with Crippen LogP contribution < -0.4 is 5.43 Å². The minimum absolute atomic E-state index is 0.114. The highest BCUT2D eigenvalue weighted by atomic mass is 16.2. The summed E-state index contributed by atoms with van der Waals surface area (Å²) in [5.74, 6) is 0.210. The SMILES string of the molecule is Cc1cc(=O)c(C(=O)N(C)Cc2ncn[nH]2)c[nH]1. The van der Waals surface area contributed by atoms with Crippen LogP contribution in [0.15, 0.2) is 23.4 Å². The van der Waals surface area contributed by atoms with Crippen LogP contribution in [0.25, 0.3) is 0 Å². The highest BCUT2D eigenvalue weighted by Crippen LogP contribution is 2.01. The number of amides is 1. The summed E-state index contributed by atoms with van der Waals surface area (Å²) >= 11 is 0. The molecule has 0 aromatic carbocycles. The van der Waals surface area contributed by atoms with Gasteiger partial charge in [0.1, 0.15) is 17.7 Å². The summed E-state index contributed by atoms with van der Waals surface area (Å²) in [6.45, 7) is 2.03. The van der Waals surface area contributed by atoms with Gasteiger partial charge in [0.05, 0.1) is 6.54 Å². The third kappa shape index (κ3) is 2.45. The van der Waals surface area contributed by atoms with Crippen molar-refractivity contribution in [1.82, 2.24) is 25.1 Å². The number of carbonyl (C=O) groups is 1. The Hall–Kier alpha value is -2.44. The Balaban J connectivity index is 2.18.